The molecule has 3 rings (SSSR count). The molecule has 0 saturated heterocycles. The predicted molar refractivity (Wildman–Crippen MR) is 81.8 cm³/mol. The first-order chi connectivity index (χ1) is 10.2. The molecule has 0 aliphatic heterocycles. The number of para-hydroxylation sites is 1. The van der Waals surface area contributed by atoms with Gasteiger partial charge in [-0.05, 0) is 31.4 Å². The van der Waals surface area contributed by atoms with Crippen LogP contribution in [0.25, 0.3) is 0 Å². The molecular weight excluding hydrogens is 264 g/mol. The highest BCUT2D eigenvalue weighted by Gasteiger charge is 2.49. The lowest BCUT2D eigenvalue weighted by molar-refractivity contribution is -0.126. The second-order valence-corrected chi connectivity index (χ2v) is 6.17. The van der Waals surface area contributed by atoms with Crippen LogP contribution in [0.3, 0.4) is 0 Å². The number of carbonyl (C=O) groups is 2. The first-order valence-corrected chi connectivity index (χ1v) is 7.80. The standard InChI is InChI=1S/C17H22N2O2/c1-19(13-9-3-2-4-10-13)17(21)15-11-14(15)16(20)18-12-7-5-6-8-12/h2-4,9-10,12,14-15H,5-8,11H2,1H3,(H,18,20). The van der Waals surface area contributed by atoms with E-state index in [4.69, 9.17) is 0 Å². The zero-order chi connectivity index (χ0) is 14.8. The molecule has 4 heteroatoms. The summed E-state index contributed by atoms with van der Waals surface area (Å²) in [6, 6.07) is 9.91. The van der Waals surface area contributed by atoms with Crippen LogP contribution in [-0.4, -0.2) is 24.9 Å². The number of amides is 2. The molecule has 2 aliphatic carbocycles. The average Bonchev–Trinajstić information content (AvgIpc) is 3.17. The number of carbonyl (C=O) groups excluding carboxylic acids is 2. The van der Waals surface area contributed by atoms with E-state index in [9.17, 15) is 9.59 Å². The number of anilines is 1. The van der Waals surface area contributed by atoms with Crippen molar-refractivity contribution in [2.45, 2.75) is 38.1 Å². The maximum atomic E-state index is 12.4. The molecule has 4 nitrogen and oxygen atoms in total. The first kappa shape index (κ1) is 14.1. The smallest absolute Gasteiger partial charge is 0.230 e. The van der Waals surface area contributed by atoms with Crippen LogP contribution in [0.1, 0.15) is 32.1 Å². The van der Waals surface area contributed by atoms with Crippen molar-refractivity contribution >= 4 is 17.5 Å². The Balaban J connectivity index is 1.54. The Bertz CT molecular complexity index is 523. The number of benzene rings is 1. The molecule has 2 fully saturated rings. The third-order valence-corrected chi connectivity index (χ3v) is 4.62. The van der Waals surface area contributed by atoms with E-state index < -0.39 is 0 Å². The van der Waals surface area contributed by atoms with Crippen molar-refractivity contribution in [3.63, 3.8) is 0 Å². The third-order valence-electron chi connectivity index (χ3n) is 4.62. The SMILES string of the molecule is CN(C(=O)C1CC1C(=O)NC1CCCC1)c1ccccc1. The fourth-order valence-electron chi connectivity index (χ4n) is 3.16. The van der Waals surface area contributed by atoms with Crippen molar-refractivity contribution in [3.8, 4) is 0 Å². The summed E-state index contributed by atoms with van der Waals surface area (Å²) >= 11 is 0. The van der Waals surface area contributed by atoms with Crippen molar-refractivity contribution in [1.82, 2.24) is 5.32 Å². The Labute approximate surface area is 125 Å². The summed E-state index contributed by atoms with van der Waals surface area (Å²) in [4.78, 5) is 26.2. The van der Waals surface area contributed by atoms with Crippen molar-refractivity contribution in [2.24, 2.45) is 11.8 Å². The summed E-state index contributed by atoms with van der Waals surface area (Å²) in [5.41, 5.74) is 0.879. The third kappa shape index (κ3) is 3.09. The molecule has 2 atom stereocenters. The van der Waals surface area contributed by atoms with Crippen LogP contribution in [0.2, 0.25) is 0 Å². The van der Waals surface area contributed by atoms with E-state index in [1.54, 1.807) is 11.9 Å². The van der Waals surface area contributed by atoms with Gasteiger partial charge in [0.1, 0.15) is 0 Å². The molecule has 21 heavy (non-hydrogen) atoms. The number of nitrogens with zero attached hydrogens (tertiary/aromatic N) is 1. The van der Waals surface area contributed by atoms with Gasteiger partial charge in [0.15, 0.2) is 0 Å². The zero-order valence-corrected chi connectivity index (χ0v) is 12.4. The van der Waals surface area contributed by atoms with E-state index in [0.29, 0.717) is 12.5 Å². The van der Waals surface area contributed by atoms with E-state index >= 15 is 0 Å². The molecule has 0 spiro atoms. The van der Waals surface area contributed by atoms with E-state index in [0.717, 1.165) is 18.5 Å². The molecule has 2 aliphatic rings. The summed E-state index contributed by atoms with van der Waals surface area (Å²) in [6.45, 7) is 0. The Hall–Kier alpha value is -1.84. The fraction of sp³-hybridized carbons (Fsp3) is 0.529. The molecule has 0 aromatic heterocycles. The van der Waals surface area contributed by atoms with Gasteiger partial charge in [-0.25, -0.2) is 0 Å². The van der Waals surface area contributed by atoms with Gasteiger partial charge in [-0.15, -0.1) is 0 Å². The Morgan fingerprint density at radius 3 is 2.43 bits per heavy atom. The highest BCUT2D eigenvalue weighted by molar-refractivity contribution is 6.00. The molecule has 0 heterocycles. The zero-order valence-electron chi connectivity index (χ0n) is 12.4. The minimum absolute atomic E-state index is 0.0489. The van der Waals surface area contributed by atoms with Crippen LogP contribution >= 0.6 is 0 Å². The van der Waals surface area contributed by atoms with Crippen molar-refractivity contribution in [2.75, 3.05) is 11.9 Å². The summed E-state index contributed by atoms with van der Waals surface area (Å²) in [6.07, 6.45) is 5.26. The van der Waals surface area contributed by atoms with Crippen LogP contribution in [0, 0.1) is 11.8 Å². The van der Waals surface area contributed by atoms with Crippen LogP contribution in [0.15, 0.2) is 30.3 Å². The highest BCUT2D eigenvalue weighted by atomic mass is 16.2. The fourth-order valence-corrected chi connectivity index (χ4v) is 3.16. The minimum atomic E-state index is -0.142. The number of rotatable bonds is 4. The van der Waals surface area contributed by atoms with E-state index in [2.05, 4.69) is 5.32 Å². The normalized spacial score (nSPS) is 24.6. The number of nitrogens with one attached hydrogen (secondary N) is 1. The van der Waals surface area contributed by atoms with Crippen molar-refractivity contribution < 1.29 is 9.59 Å². The molecule has 1 N–H and O–H groups in total. The van der Waals surface area contributed by atoms with Gasteiger partial charge in [-0.1, -0.05) is 31.0 Å². The van der Waals surface area contributed by atoms with Gasteiger partial charge in [-0.2, -0.15) is 0 Å². The van der Waals surface area contributed by atoms with Gasteiger partial charge in [0.2, 0.25) is 11.8 Å². The maximum absolute atomic E-state index is 12.4. The van der Waals surface area contributed by atoms with Gasteiger partial charge < -0.3 is 10.2 Å². The van der Waals surface area contributed by atoms with Gasteiger partial charge in [0.05, 0.1) is 11.8 Å². The van der Waals surface area contributed by atoms with Gasteiger partial charge >= 0.3 is 0 Å². The van der Waals surface area contributed by atoms with E-state index in [1.807, 2.05) is 30.3 Å². The second kappa shape index (κ2) is 5.88. The lowest BCUT2D eigenvalue weighted by atomic mass is 10.2. The van der Waals surface area contributed by atoms with Crippen LogP contribution in [0.5, 0.6) is 0 Å². The molecular formula is C17H22N2O2. The Kier molecular flexibility index (Phi) is 3.95. The van der Waals surface area contributed by atoms with Crippen LogP contribution in [-0.2, 0) is 9.59 Å². The second-order valence-electron chi connectivity index (χ2n) is 6.17. The summed E-state index contributed by atoms with van der Waals surface area (Å²) < 4.78 is 0. The first-order valence-electron chi connectivity index (χ1n) is 7.80. The number of hydrogen-bond donors (Lipinski definition) is 1. The summed E-state index contributed by atoms with van der Waals surface area (Å²) in [7, 11) is 1.78. The lowest BCUT2D eigenvalue weighted by Gasteiger charge is -2.17. The van der Waals surface area contributed by atoms with Crippen molar-refractivity contribution in [3.05, 3.63) is 30.3 Å². The predicted octanol–water partition coefficient (Wildman–Crippen LogP) is 2.34. The molecule has 1 aromatic carbocycles. The quantitative estimate of drug-likeness (QED) is 0.923. The maximum Gasteiger partial charge on any atom is 0.230 e. The molecule has 0 radical (unpaired) electrons. The largest absolute Gasteiger partial charge is 0.353 e. The monoisotopic (exact) mass is 286 g/mol. The van der Waals surface area contributed by atoms with Gasteiger partial charge in [0.25, 0.3) is 0 Å². The van der Waals surface area contributed by atoms with Crippen molar-refractivity contribution in [1.29, 1.82) is 0 Å². The average molecular weight is 286 g/mol. The topological polar surface area (TPSA) is 49.4 Å². The van der Waals surface area contributed by atoms with E-state index in [-0.39, 0.29) is 23.7 Å². The molecule has 112 valence electrons. The minimum Gasteiger partial charge on any atom is -0.353 e. The highest BCUT2D eigenvalue weighted by Crippen LogP contribution is 2.41. The van der Waals surface area contributed by atoms with E-state index in [1.165, 1.54) is 12.8 Å². The van der Waals surface area contributed by atoms with Gasteiger partial charge in [0, 0.05) is 18.8 Å². The summed E-state index contributed by atoms with van der Waals surface area (Å²) in [5.74, 6) is -0.143. The molecule has 2 saturated carbocycles. The number of hydrogen-bond acceptors (Lipinski definition) is 2. The Morgan fingerprint density at radius 2 is 1.76 bits per heavy atom. The summed E-state index contributed by atoms with van der Waals surface area (Å²) in [5, 5.41) is 3.09. The van der Waals surface area contributed by atoms with Gasteiger partial charge in [-0.3, -0.25) is 9.59 Å². The molecule has 2 unspecified atom stereocenters. The Morgan fingerprint density at radius 1 is 1.10 bits per heavy atom. The molecule has 0 bridgehead atoms. The lowest BCUT2D eigenvalue weighted by Crippen LogP contribution is -2.36. The molecule has 1 aromatic rings. The molecule has 2 amide bonds. The van der Waals surface area contributed by atoms with Crippen LogP contribution < -0.4 is 10.2 Å². The van der Waals surface area contributed by atoms with Crippen LogP contribution in [0.4, 0.5) is 5.69 Å².